The normalized spacial score (nSPS) is 9.92. The van der Waals surface area contributed by atoms with Crippen molar-refractivity contribution in [2.24, 2.45) is 0 Å². The van der Waals surface area contributed by atoms with Crippen LogP contribution in [0.25, 0.3) is 0 Å². The summed E-state index contributed by atoms with van der Waals surface area (Å²) >= 11 is 5.26. The van der Waals surface area contributed by atoms with E-state index in [4.69, 9.17) is 12.2 Å². The van der Waals surface area contributed by atoms with Crippen LogP contribution < -0.4 is 5.32 Å². The third kappa shape index (κ3) is 4.63. The molecule has 0 unspecified atom stereocenters. The fourth-order valence-electron chi connectivity index (χ4n) is 2.10. The van der Waals surface area contributed by atoms with E-state index in [1.54, 1.807) is 30.1 Å². The quantitative estimate of drug-likeness (QED) is 0.684. The predicted octanol–water partition coefficient (Wildman–Crippen LogP) is 2.62. The minimum absolute atomic E-state index is 0.312. The van der Waals surface area contributed by atoms with E-state index in [1.807, 2.05) is 30.3 Å². The van der Waals surface area contributed by atoms with Crippen LogP contribution in [0.2, 0.25) is 0 Å². The minimum Gasteiger partial charge on any atom is -0.465 e. The molecule has 0 aliphatic carbocycles. The molecule has 0 saturated heterocycles. The average Bonchev–Trinajstić information content (AvgIpc) is 2.61. The van der Waals surface area contributed by atoms with Crippen LogP contribution in [-0.4, -0.2) is 36.0 Å². The lowest BCUT2D eigenvalue weighted by atomic mass is 10.1. The van der Waals surface area contributed by atoms with Gasteiger partial charge < -0.3 is 9.64 Å². The topological polar surface area (TPSA) is 58.6 Å². The Hall–Kier alpha value is -2.73. The standard InChI is InChI=1S/C18H18N2O3S/c1-20(12-13-7-4-3-5-8-13)18(24)19-16(21)14-9-6-10-15(11-14)17(22)23-2/h3-11H,12H2,1-2H3,(H,19,21,24). The summed E-state index contributed by atoms with van der Waals surface area (Å²) in [7, 11) is 3.10. The van der Waals surface area contributed by atoms with Crippen molar-refractivity contribution in [3.63, 3.8) is 0 Å². The van der Waals surface area contributed by atoms with E-state index in [9.17, 15) is 9.59 Å². The first-order valence-electron chi connectivity index (χ1n) is 7.30. The Bertz CT molecular complexity index is 747. The van der Waals surface area contributed by atoms with Crippen molar-refractivity contribution in [1.29, 1.82) is 0 Å². The number of hydrogen-bond donors (Lipinski definition) is 1. The Morgan fingerprint density at radius 1 is 1.08 bits per heavy atom. The lowest BCUT2D eigenvalue weighted by Gasteiger charge is -2.20. The molecule has 2 aromatic rings. The molecule has 0 aromatic heterocycles. The third-order valence-corrected chi connectivity index (χ3v) is 3.79. The van der Waals surface area contributed by atoms with Crippen molar-refractivity contribution in [2.45, 2.75) is 6.54 Å². The lowest BCUT2D eigenvalue weighted by molar-refractivity contribution is 0.0600. The molecular formula is C18H18N2O3S. The second kappa shape index (κ2) is 8.21. The number of carbonyl (C=O) groups is 2. The summed E-state index contributed by atoms with van der Waals surface area (Å²) in [6.07, 6.45) is 0. The number of thiocarbonyl (C=S) groups is 1. The minimum atomic E-state index is -0.492. The molecule has 0 atom stereocenters. The second-order valence-electron chi connectivity index (χ2n) is 5.17. The smallest absolute Gasteiger partial charge is 0.337 e. The molecule has 124 valence electrons. The van der Waals surface area contributed by atoms with Gasteiger partial charge in [-0.25, -0.2) is 4.79 Å². The SMILES string of the molecule is COC(=O)c1cccc(C(=O)NC(=S)N(C)Cc2ccccc2)c1. The molecule has 0 saturated carbocycles. The number of esters is 1. The highest BCUT2D eigenvalue weighted by atomic mass is 32.1. The molecule has 0 fully saturated rings. The van der Waals surface area contributed by atoms with Crippen molar-refractivity contribution < 1.29 is 14.3 Å². The number of rotatable bonds is 4. The van der Waals surface area contributed by atoms with Crippen molar-refractivity contribution in [3.8, 4) is 0 Å². The van der Waals surface area contributed by atoms with E-state index in [-0.39, 0.29) is 5.91 Å². The maximum atomic E-state index is 12.3. The van der Waals surface area contributed by atoms with Gasteiger partial charge in [0.2, 0.25) is 0 Å². The van der Waals surface area contributed by atoms with Crippen molar-refractivity contribution >= 4 is 29.2 Å². The van der Waals surface area contributed by atoms with Crippen LogP contribution in [-0.2, 0) is 11.3 Å². The maximum absolute atomic E-state index is 12.3. The Labute approximate surface area is 146 Å². The zero-order chi connectivity index (χ0) is 17.5. The Balaban J connectivity index is 2.01. The number of ether oxygens (including phenoxy) is 1. The highest BCUT2D eigenvalue weighted by Gasteiger charge is 2.13. The van der Waals surface area contributed by atoms with E-state index in [1.165, 1.54) is 13.2 Å². The van der Waals surface area contributed by atoms with Gasteiger partial charge in [0, 0.05) is 19.2 Å². The average molecular weight is 342 g/mol. The summed E-state index contributed by atoms with van der Waals surface area (Å²) in [5.41, 5.74) is 1.74. The van der Waals surface area contributed by atoms with Gasteiger partial charge in [0.05, 0.1) is 12.7 Å². The molecule has 0 bridgehead atoms. The fraction of sp³-hybridized carbons (Fsp3) is 0.167. The van der Waals surface area contributed by atoms with Gasteiger partial charge in [0.25, 0.3) is 5.91 Å². The van der Waals surface area contributed by atoms with Crippen LogP contribution in [0.5, 0.6) is 0 Å². The first kappa shape index (κ1) is 17.6. The Morgan fingerprint density at radius 2 is 1.75 bits per heavy atom. The summed E-state index contributed by atoms with van der Waals surface area (Å²) in [4.78, 5) is 25.6. The van der Waals surface area contributed by atoms with Crippen molar-refractivity contribution in [1.82, 2.24) is 10.2 Å². The van der Waals surface area contributed by atoms with Gasteiger partial charge in [-0.2, -0.15) is 0 Å². The van der Waals surface area contributed by atoms with Crippen LogP contribution in [0.4, 0.5) is 0 Å². The summed E-state index contributed by atoms with van der Waals surface area (Å²) in [5.74, 6) is -0.862. The molecule has 0 aliphatic heterocycles. The van der Waals surface area contributed by atoms with Gasteiger partial charge in [-0.15, -0.1) is 0 Å². The molecule has 0 radical (unpaired) electrons. The second-order valence-corrected chi connectivity index (χ2v) is 5.56. The van der Waals surface area contributed by atoms with Gasteiger partial charge in [-0.3, -0.25) is 10.1 Å². The number of methoxy groups -OCH3 is 1. The molecule has 2 rings (SSSR count). The Kier molecular flexibility index (Phi) is 6.03. The fourth-order valence-corrected chi connectivity index (χ4v) is 2.26. The maximum Gasteiger partial charge on any atom is 0.337 e. The number of hydrogen-bond acceptors (Lipinski definition) is 4. The third-order valence-electron chi connectivity index (χ3n) is 3.38. The van der Waals surface area contributed by atoms with Crippen LogP contribution >= 0.6 is 12.2 Å². The molecule has 2 aromatic carbocycles. The van der Waals surface area contributed by atoms with E-state index < -0.39 is 5.97 Å². The number of nitrogens with one attached hydrogen (secondary N) is 1. The molecule has 24 heavy (non-hydrogen) atoms. The highest BCUT2D eigenvalue weighted by molar-refractivity contribution is 7.80. The van der Waals surface area contributed by atoms with E-state index in [2.05, 4.69) is 10.1 Å². The number of carbonyl (C=O) groups excluding carboxylic acids is 2. The van der Waals surface area contributed by atoms with Gasteiger partial charge in [-0.1, -0.05) is 36.4 Å². The Morgan fingerprint density at radius 3 is 2.42 bits per heavy atom. The van der Waals surface area contributed by atoms with Crippen LogP contribution in [0.3, 0.4) is 0 Å². The predicted molar refractivity (Wildman–Crippen MR) is 95.8 cm³/mol. The van der Waals surface area contributed by atoms with Crippen molar-refractivity contribution in [3.05, 3.63) is 71.3 Å². The van der Waals surface area contributed by atoms with Crippen molar-refractivity contribution in [2.75, 3.05) is 14.2 Å². The lowest BCUT2D eigenvalue weighted by Crippen LogP contribution is -2.40. The summed E-state index contributed by atoms with van der Waals surface area (Å²) in [6.45, 7) is 0.585. The number of nitrogens with zero attached hydrogens (tertiary/aromatic N) is 1. The van der Waals surface area contributed by atoms with E-state index >= 15 is 0 Å². The number of benzene rings is 2. The monoisotopic (exact) mass is 342 g/mol. The molecule has 1 N–H and O–H groups in total. The van der Waals surface area contributed by atoms with E-state index in [0.29, 0.717) is 22.8 Å². The van der Waals surface area contributed by atoms with Gasteiger partial charge in [0.1, 0.15) is 0 Å². The molecule has 6 heteroatoms. The van der Waals surface area contributed by atoms with E-state index in [0.717, 1.165) is 5.56 Å². The first-order chi connectivity index (χ1) is 11.5. The number of amides is 1. The summed E-state index contributed by atoms with van der Waals surface area (Å²) in [6, 6.07) is 16.1. The molecule has 5 nitrogen and oxygen atoms in total. The zero-order valence-electron chi connectivity index (χ0n) is 13.5. The molecule has 1 amide bonds. The molecule has 0 aliphatic rings. The summed E-state index contributed by atoms with van der Waals surface area (Å²) < 4.78 is 4.65. The molecule has 0 heterocycles. The largest absolute Gasteiger partial charge is 0.465 e. The zero-order valence-corrected chi connectivity index (χ0v) is 14.3. The van der Waals surface area contributed by atoms with Crippen LogP contribution in [0.15, 0.2) is 54.6 Å². The van der Waals surface area contributed by atoms with Gasteiger partial charge in [-0.05, 0) is 36.0 Å². The molecule has 0 spiro atoms. The van der Waals surface area contributed by atoms with Crippen LogP contribution in [0, 0.1) is 0 Å². The van der Waals surface area contributed by atoms with Gasteiger partial charge in [0.15, 0.2) is 5.11 Å². The summed E-state index contributed by atoms with van der Waals surface area (Å²) in [5, 5.41) is 2.98. The molecular weight excluding hydrogens is 324 g/mol. The highest BCUT2D eigenvalue weighted by Crippen LogP contribution is 2.08. The first-order valence-corrected chi connectivity index (χ1v) is 7.71. The van der Waals surface area contributed by atoms with Crippen LogP contribution in [0.1, 0.15) is 26.3 Å². The van der Waals surface area contributed by atoms with Gasteiger partial charge >= 0.3 is 5.97 Å².